The second-order valence-electron chi connectivity index (χ2n) is 6.18. The third-order valence-corrected chi connectivity index (χ3v) is 4.44. The Kier molecular flexibility index (Phi) is 6.16. The summed E-state index contributed by atoms with van der Waals surface area (Å²) >= 11 is 0. The molecule has 6 unspecified atom stereocenters. The van der Waals surface area contributed by atoms with Crippen LogP contribution in [0.4, 0.5) is 0 Å². The lowest BCUT2D eigenvalue weighted by Crippen LogP contribution is -2.69. The highest BCUT2D eigenvalue weighted by atomic mass is 16.8. The van der Waals surface area contributed by atoms with E-state index in [4.69, 9.17) is 19.9 Å². The van der Waals surface area contributed by atoms with Gasteiger partial charge in [-0.15, -0.1) is 0 Å². The molecule has 0 radical (unpaired) electrons. The van der Waals surface area contributed by atoms with E-state index in [9.17, 15) is 35.7 Å². The topological polar surface area (TPSA) is 195 Å². The largest absolute Gasteiger partial charge is 0.394 e. The molecule has 0 aliphatic carbocycles. The van der Waals surface area contributed by atoms with Crippen molar-refractivity contribution in [1.29, 1.82) is 0 Å². The lowest BCUT2D eigenvalue weighted by atomic mass is 9.93. The molecule has 2 rings (SSSR count). The SMILES string of the molecule is C[C@]1(O[C@H]2OC(CO)[C@@H](O)C(O)C2N)OC(CO)[C@@H](O)C(O)C1O. The summed E-state index contributed by atoms with van der Waals surface area (Å²) in [5.41, 5.74) is 5.74. The van der Waals surface area contributed by atoms with Gasteiger partial charge in [0.05, 0.1) is 19.3 Å². The Hall–Kier alpha value is -0.440. The summed E-state index contributed by atoms with van der Waals surface area (Å²) in [6.45, 7) is -0.0372. The molecule has 2 aliphatic rings. The summed E-state index contributed by atoms with van der Waals surface area (Å²) in [6, 6.07) is -1.24. The zero-order valence-corrected chi connectivity index (χ0v) is 13.0. The van der Waals surface area contributed by atoms with Crippen molar-refractivity contribution in [2.24, 2.45) is 5.73 Å². The molecule has 142 valence electrons. The molecule has 11 nitrogen and oxygen atoms in total. The van der Waals surface area contributed by atoms with E-state index in [1.807, 2.05) is 0 Å². The fourth-order valence-corrected chi connectivity index (χ4v) is 2.84. The molecule has 10 atom stereocenters. The molecule has 2 aliphatic heterocycles. The van der Waals surface area contributed by atoms with Crippen LogP contribution >= 0.6 is 0 Å². The van der Waals surface area contributed by atoms with Crippen LogP contribution in [0.25, 0.3) is 0 Å². The first kappa shape index (κ1) is 19.9. The van der Waals surface area contributed by atoms with Gasteiger partial charge in [0, 0.05) is 0 Å². The van der Waals surface area contributed by atoms with E-state index in [2.05, 4.69) is 0 Å². The third kappa shape index (κ3) is 3.43. The molecule has 9 N–H and O–H groups in total. The Bertz CT molecular complexity index is 424. The highest BCUT2D eigenvalue weighted by molar-refractivity contribution is 4.97. The third-order valence-electron chi connectivity index (χ3n) is 4.44. The van der Waals surface area contributed by atoms with Crippen molar-refractivity contribution in [3.63, 3.8) is 0 Å². The molecular formula is C13H25NO10. The number of rotatable bonds is 4. The minimum atomic E-state index is -1.93. The second-order valence-corrected chi connectivity index (χ2v) is 6.18. The molecule has 0 spiro atoms. The Morgan fingerprint density at radius 2 is 1.46 bits per heavy atom. The average molecular weight is 355 g/mol. The monoisotopic (exact) mass is 355 g/mol. The minimum Gasteiger partial charge on any atom is -0.394 e. The van der Waals surface area contributed by atoms with E-state index in [0.717, 1.165) is 0 Å². The Morgan fingerprint density at radius 1 is 0.917 bits per heavy atom. The maximum absolute atomic E-state index is 10.1. The van der Waals surface area contributed by atoms with Crippen LogP contribution in [-0.4, -0.2) is 110 Å². The molecule has 2 fully saturated rings. The molecule has 0 saturated carbocycles. The van der Waals surface area contributed by atoms with Crippen LogP contribution in [0, 0.1) is 0 Å². The average Bonchev–Trinajstić information content (AvgIpc) is 2.57. The van der Waals surface area contributed by atoms with Gasteiger partial charge in [-0.1, -0.05) is 0 Å². The number of aliphatic hydroxyl groups excluding tert-OH is 7. The quantitative estimate of drug-likeness (QED) is 0.240. The summed E-state index contributed by atoms with van der Waals surface area (Å²) in [5.74, 6) is -1.93. The molecule has 0 bridgehead atoms. The van der Waals surface area contributed by atoms with Crippen LogP contribution in [0.15, 0.2) is 0 Å². The fraction of sp³-hybridized carbons (Fsp3) is 1.00. The number of hydrogen-bond donors (Lipinski definition) is 8. The highest BCUT2D eigenvalue weighted by Gasteiger charge is 2.55. The minimum absolute atomic E-state index is 0.620. The van der Waals surface area contributed by atoms with Gasteiger partial charge >= 0.3 is 0 Å². The van der Waals surface area contributed by atoms with Crippen molar-refractivity contribution in [3.8, 4) is 0 Å². The van der Waals surface area contributed by atoms with Gasteiger partial charge in [-0.3, -0.25) is 0 Å². The summed E-state index contributed by atoms with van der Waals surface area (Å²) in [4.78, 5) is 0. The molecule has 0 aromatic rings. The number of aliphatic hydroxyl groups is 7. The van der Waals surface area contributed by atoms with Crippen LogP contribution in [0.2, 0.25) is 0 Å². The maximum Gasteiger partial charge on any atom is 0.197 e. The molecule has 2 heterocycles. The smallest absolute Gasteiger partial charge is 0.197 e. The van der Waals surface area contributed by atoms with Crippen molar-refractivity contribution in [2.75, 3.05) is 13.2 Å². The molecule has 11 heteroatoms. The summed E-state index contributed by atoms with van der Waals surface area (Å²) < 4.78 is 16.1. The summed E-state index contributed by atoms with van der Waals surface area (Å²) in [5, 5.41) is 67.8. The van der Waals surface area contributed by atoms with Gasteiger partial charge in [0.15, 0.2) is 12.1 Å². The van der Waals surface area contributed by atoms with E-state index in [1.54, 1.807) is 0 Å². The maximum atomic E-state index is 10.1. The van der Waals surface area contributed by atoms with Gasteiger partial charge in [-0.2, -0.15) is 0 Å². The Balaban J connectivity index is 2.18. The number of hydrogen-bond acceptors (Lipinski definition) is 11. The van der Waals surface area contributed by atoms with Gasteiger partial charge in [-0.25, -0.2) is 0 Å². The number of ether oxygens (including phenoxy) is 3. The van der Waals surface area contributed by atoms with Crippen molar-refractivity contribution < 1.29 is 50.0 Å². The molecule has 0 amide bonds. The Labute approximate surface area is 137 Å². The molecule has 2 saturated heterocycles. The van der Waals surface area contributed by atoms with Crippen LogP contribution in [0.5, 0.6) is 0 Å². The van der Waals surface area contributed by atoms with Gasteiger partial charge in [0.25, 0.3) is 0 Å². The zero-order chi connectivity index (χ0) is 18.2. The standard InChI is InChI=1S/C13H25NO10/c1-13(11(21)10(20)8(18)5(3-16)23-13)24-12-6(14)9(19)7(17)4(2-15)22-12/h4-12,15-21H,2-3,14H2,1H3/t4?,5?,6?,7-,8-,9?,10?,11?,12-,13-/m1/s1. The van der Waals surface area contributed by atoms with Crippen LogP contribution in [0.3, 0.4) is 0 Å². The molecule has 0 aromatic heterocycles. The first-order chi connectivity index (χ1) is 11.2. The Morgan fingerprint density at radius 3 is 2.00 bits per heavy atom. The van der Waals surface area contributed by atoms with Crippen molar-refractivity contribution in [2.45, 2.75) is 67.8 Å². The van der Waals surface area contributed by atoms with E-state index in [0.29, 0.717) is 0 Å². The lowest BCUT2D eigenvalue weighted by molar-refractivity contribution is -0.406. The normalized spacial score (nSPS) is 53.1. The number of nitrogens with two attached hydrogens (primary N) is 1. The zero-order valence-electron chi connectivity index (χ0n) is 13.0. The van der Waals surface area contributed by atoms with Crippen LogP contribution in [0.1, 0.15) is 6.92 Å². The van der Waals surface area contributed by atoms with E-state index >= 15 is 0 Å². The fourth-order valence-electron chi connectivity index (χ4n) is 2.84. The second kappa shape index (κ2) is 7.43. The first-order valence-corrected chi connectivity index (χ1v) is 7.55. The predicted octanol–water partition coefficient (Wildman–Crippen LogP) is -5.04. The van der Waals surface area contributed by atoms with Gasteiger partial charge in [-0.05, 0) is 6.92 Å². The summed E-state index contributed by atoms with van der Waals surface area (Å²) in [7, 11) is 0. The first-order valence-electron chi connectivity index (χ1n) is 7.55. The van der Waals surface area contributed by atoms with E-state index < -0.39 is 74.1 Å². The summed E-state index contributed by atoms with van der Waals surface area (Å²) in [6.07, 6.45) is -11.7. The lowest BCUT2D eigenvalue weighted by Gasteiger charge is -2.49. The molecule has 24 heavy (non-hydrogen) atoms. The van der Waals surface area contributed by atoms with Gasteiger partial charge in [0.2, 0.25) is 0 Å². The van der Waals surface area contributed by atoms with Crippen molar-refractivity contribution in [3.05, 3.63) is 0 Å². The highest BCUT2D eigenvalue weighted by Crippen LogP contribution is 2.34. The predicted molar refractivity (Wildman–Crippen MR) is 75.2 cm³/mol. The van der Waals surface area contributed by atoms with Crippen molar-refractivity contribution >= 4 is 0 Å². The van der Waals surface area contributed by atoms with Crippen LogP contribution in [-0.2, 0) is 14.2 Å². The van der Waals surface area contributed by atoms with E-state index in [1.165, 1.54) is 6.92 Å². The molecule has 0 aromatic carbocycles. The van der Waals surface area contributed by atoms with Crippen molar-refractivity contribution in [1.82, 2.24) is 0 Å². The molecular weight excluding hydrogens is 330 g/mol. The van der Waals surface area contributed by atoms with E-state index in [-0.39, 0.29) is 0 Å². The van der Waals surface area contributed by atoms with Gasteiger partial charge < -0.3 is 55.7 Å². The van der Waals surface area contributed by atoms with Gasteiger partial charge in [0.1, 0.15) is 42.7 Å². The van der Waals surface area contributed by atoms with Crippen LogP contribution < -0.4 is 5.73 Å².